The molecular formula is C15H20N2O3S. The molecule has 114 valence electrons. The quantitative estimate of drug-likeness (QED) is 0.893. The van der Waals surface area contributed by atoms with Gasteiger partial charge in [0.1, 0.15) is 0 Å². The summed E-state index contributed by atoms with van der Waals surface area (Å²) in [6.45, 7) is 3.08. The molecule has 5 nitrogen and oxygen atoms in total. The van der Waals surface area contributed by atoms with E-state index < -0.39 is 5.97 Å². The summed E-state index contributed by atoms with van der Waals surface area (Å²) < 4.78 is 0. The largest absolute Gasteiger partial charge is 0.481 e. The normalized spacial score (nSPS) is 18.3. The van der Waals surface area contributed by atoms with Crippen molar-refractivity contribution in [3.63, 3.8) is 0 Å². The number of hydrogen-bond donors (Lipinski definition) is 2. The average molecular weight is 308 g/mol. The lowest BCUT2D eigenvalue weighted by molar-refractivity contribution is -0.138. The van der Waals surface area contributed by atoms with Gasteiger partial charge in [0.2, 0.25) is 0 Å². The van der Waals surface area contributed by atoms with Crippen molar-refractivity contribution in [2.45, 2.75) is 25.9 Å². The van der Waals surface area contributed by atoms with Gasteiger partial charge in [0.25, 0.3) is 0 Å². The molecule has 1 fully saturated rings. The molecule has 6 heteroatoms. The van der Waals surface area contributed by atoms with Crippen molar-refractivity contribution in [3.8, 4) is 0 Å². The van der Waals surface area contributed by atoms with Crippen molar-refractivity contribution in [2.24, 2.45) is 0 Å². The molecule has 0 radical (unpaired) electrons. The molecule has 0 bridgehead atoms. The fourth-order valence-electron chi connectivity index (χ4n) is 2.28. The summed E-state index contributed by atoms with van der Waals surface area (Å²) in [6, 6.07) is 7.58. The van der Waals surface area contributed by atoms with E-state index >= 15 is 0 Å². The van der Waals surface area contributed by atoms with E-state index in [4.69, 9.17) is 5.11 Å². The Morgan fingerprint density at radius 2 is 2.10 bits per heavy atom. The zero-order valence-electron chi connectivity index (χ0n) is 12.0. The van der Waals surface area contributed by atoms with Gasteiger partial charge in [-0.05, 0) is 12.5 Å². The maximum absolute atomic E-state index is 12.2. The first-order valence-corrected chi connectivity index (χ1v) is 8.11. The van der Waals surface area contributed by atoms with E-state index in [1.165, 1.54) is 5.56 Å². The number of benzene rings is 1. The molecule has 2 amide bonds. The first kappa shape index (κ1) is 15.7. The number of aliphatic carboxylic acids is 1. The molecule has 2 rings (SSSR count). The predicted octanol–water partition coefficient (Wildman–Crippen LogP) is 2.10. The number of thioether (sulfide) groups is 1. The van der Waals surface area contributed by atoms with Gasteiger partial charge in [-0.1, -0.05) is 29.8 Å². The highest BCUT2D eigenvalue weighted by molar-refractivity contribution is 7.99. The number of aryl methyl sites for hydroxylation is 1. The van der Waals surface area contributed by atoms with Crippen LogP contribution in [0.25, 0.3) is 0 Å². The van der Waals surface area contributed by atoms with Crippen molar-refractivity contribution >= 4 is 23.8 Å². The smallest absolute Gasteiger partial charge is 0.317 e. The molecule has 1 aromatic rings. The number of carbonyl (C=O) groups is 2. The van der Waals surface area contributed by atoms with Crippen LogP contribution in [0.4, 0.5) is 4.79 Å². The Labute approximate surface area is 128 Å². The fourth-order valence-corrected chi connectivity index (χ4v) is 3.34. The topological polar surface area (TPSA) is 69.6 Å². The van der Waals surface area contributed by atoms with Gasteiger partial charge in [-0.25, -0.2) is 4.79 Å². The van der Waals surface area contributed by atoms with E-state index in [0.29, 0.717) is 18.8 Å². The number of carbonyl (C=O) groups excluding carboxylic acids is 1. The summed E-state index contributed by atoms with van der Waals surface area (Å²) in [6.07, 6.45) is 0.00491. The van der Waals surface area contributed by atoms with E-state index in [0.717, 1.165) is 11.3 Å². The lowest BCUT2D eigenvalue weighted by Gasteiger charge is -2.34. The third kappa shape index (κ3) is 4.67. The number of rotatable bonds is 4. The third-order valence-corrected chi connectivity index (χ3v) is 4.55. The van der Waals surface area contributed by atoms with E-state index in [-0.39, 0.29) is 18.5 Å². The van der Waals surface area contributed by atoms with Crippen LogP contribution in [0.3, 0.4) is 0 Å². The summed E-state index contributed by atoms with van der Waals surface area (Å²) in [5, 5.41) is 11.8. The van der Waals surface area contributed by atoms with Crippen LogP contribution < -0.4 is 5.32 Å². The Morgan fingerprint density at radius 1 is 1.38 bits per heavy atom. The first-order valence-electron chi connectivity index (χ1n) is 6.96. The second-order valence-electron chi connectivity index (χ2n) is 5.16. The fraction of sp³-hybridized carbons (Fsp3) is 0.467. The number of carboxylic acid groups (broad SMARTS) is 1. The van der Waals surface area contributed by atoms with Crippen molar-refractivity contribution in [2.75, 3.05) is 18.1 Å². The summed E-state index contributed by atoms with van der Waals surface area (Å²) in [5.74, 6) is 0.678. The molecule has 1 aliphatic rings. The summed E-state index contributed by atoms with van der Waals surface area (Å²) in [7, 11) is 0. The zero-order chi connectivity index (χ0) is 15.2. The zero-order valence-corrected chi connectivity index (χ0v) is 12.9. The number of nitrogens with one attached hydrogen (secondary N) is 1. The van der Waals surface area contributed by atoms with E-state index in [2.05, 4.69) is 5.32 Å². The van der Waals surface area contributed by atoms with Crippen LogP contribution in [0.2, 0.25) is 0 Å². The van der Waals surface area contributed by atoms with E-state index in [9.17, 15) is 9.59 Å². The van der Waals surface area contributed by atoms with Crippen LogP contribution in [0.5, 0.6) is 0 Å². The van der Waals surface area contributed by atoms with Crippen LogP contribution in [-0.2, 0) is 11.3 Å². The highest BCUT2D eigenvalue weighted by Crippen LogP contribution is 2.19. The molecule has 1 atom stereocenters. The predicted molar refractivity (Wildman–Crippen MR) is 83.5 cm³/mol. The lowest BCUT2D eigenvalue weighted by atomic mass is 10.1. The highest BCUT2D eigenvalue weighted by atomic mass is 32.2. The minimum atomic E-state index is -0.862. The van der Waals surface area contributed by atoms with Crippen LogP contribution >= 0.6 is 11.8 Å². The Morgan fingerprint density at radius 3 is 2.76 bits per heavy atom. The maximum atomic E-state index is 12.2. The van der Waals surface area contributed by atoms with Crippen molar-refractivity contribution in [1.82, 2.24) is 10.2 Å². The molecule has 0 spiro atoms. The van der Waals surface area contributed by atoms with Gasteiger partial charge in [-0.2, -0.15) is 11.8 Å². The maximum Gasteiger partial charge on any atom is 0.317 e. The van der Waals surface area contributed by atoms with Crippen LogP contribution in [-0.4, -0.2) is 46.1 Å². The highest BCUT2D eigenvalue weighted by Gasteiger charge is 2.28. The van der Waals surface area contributed by atoms with Crippen molar-refractivity contribution in [3.05, 3.63) is 35.4 Å². The Kier molecular flexibility index (Phi) is 5.50. The molecular weight excluding hydrogens is 288 g/mol. The lowest BCUT2D eigenvalue weighted by Crippen LogP contribution is -2.51. The van der Waals surface area contributed by atoms with Gasteiger partial charge in [0.05, 0.1) is 12.5 Å². The van der Waals surface area contributed by atoms with Gasteiger partial charge in [-0.15, -0.1) is 0 Å². The van der Waals surface area contributed by atoms with E-state index in [1.807, 2.05) is 31.2 Å². The minimum Gasteiger partial charge on any atom is -0.481 e. The third-order valence-electron chi connectivity index (χ3n) is 3.46. The summed E-state index contributed by atoms with van der Waals surface area (Å²) >= 11 is 1.70. The molecule has 1 aliphatic heterocycles. The van der Waals surface area contributed by atoms with Crippen LogP contribution in [0, 0.1) is 6.92 Å². The number of amides is 2. The SMILES string of the molecule is Cc1ccc(CNC(=O)N2CCSCC2CC(=O)O)cc1. The molecule has 0 aliphatic carbocycles. The number of hydrogen-bond acceptors (Lipinski definition) is 3. The molecule has 1 heterocycles. The summed E-state index contributed by atoms with van der Waals surface area (Å²) in [5.41, 5.74) is 2.22. The van der Waals surface area contributed by atoms with Crippen molar-refractivity contribution < 1.29 is 14.7 Å². The minimum absolute atomic E-state index is 0.00491. The first-order chi connectivity index (χ1) is 10.1. The average Bonchev–Trinajstić information content (AvgIpc) is 2.46. The molecule has 21 heavy (non-hydrogen) atoms. The second-order valence-corrected chi connectivity index (χ2v) is 6.31. The standard InChI is InChI=1S/C15H20N2O3S/c1-11-2-4-12(5-3-11)9-16-15(20)17-6-7-21-10-13(17)8-14(18)19/h2-5,13H,6-10H2,1H3,(H,16,20)(H,18,19). The Hall–Kier alpha value is -1.69. The van der Waals surface area contributed by atoms with Gasteiger partial charge >= 0.3 is 12.0 Å². The molecule has 1 saturated heterocycles. The monoisotopic (exact) mass is 308 g/mol. The van der Waals surface area contributed by atoms with Crippen molar-refractivity contribution in [1.29, 1.82) is 0 Å². The summed E-state index contributed by atoms with van der Waals surface area (Å²) in [4.78, 5) is 24.8. The van der Waals surface area contributed by atoms with Gasteiger partial charge in [0, 0.05) is 24.6 Å². The molecule has 2 N–H and O–H groups in total. The van der Waals surface area contributed by atoms with Gasteiger partial charge < -0.3 is 15.3 Å². The Bertz CT molecular complexity index is 504. The number of nitrogens with zero attached hydrogens (tertiary/aromatic N) is 1. The number of urea groups is 1. The molecule has 1 unspecified atom stereocenters. The Balaban J connectivity index is 1.91. The molecule has 0 saturated carbocycles. The molecule has 1 aromatic carbocycles. The van der Waals surface area contributed by atoms with Crippen LogP contribution in [0.15, 0.2) is 24.3 Å². The van der Waals surface area contributed by atoms with Crippen LogP contribution in [0.1, 0.15) is 17.5 Å². The molecule has 0 aromatic heterocycles. The number of carboxylic acids is 1. The second kappa shape index (κ2) is 7.36. The van der Waals surface area contributed by atoms with Gasteiger partial charge in [-0.3, -0.25) is 4.79 Å². The van der Waals surface area contributed by atoms with E-state index in [1.54, 1.807) is 16.7 Å². The van der Waals surface area contributed by atoms with Gasteiger partial charge in [0.15, 0.2) is 0 Å².